The molecule has 1 aromatic heterocycles. The van der Waals surface area contributed by atoms with Crippen molar-refractivity contribution >= 4 is 22.5 Å². The topological polar surface area (TPSA) is 62.2 Å². The Hall–Kier alpha value is -2.95. The van der Waals surface area contributed by atoms with E-state index in [1.54, 1.807) is 6.07 Å². The number of halogens is 1. The number of anilines is 1. The number of carbonyl (C=O) groups excluding carboxylic acids is 1. The molecule has 0 atom stereocenters. The number of phenols is 1. The molecule has 0 fully saturated rings. The summed E-state index contributed by atoms with van der Waals surface area (Å²) >= 11 is 0. The van der Waals surface area contributed by atoms with Crippen LogP contribution in [0.15, 0.2) is 54.7 Å². The molecule has 21 heavy (non-hydrogen) atoms. The smallest absolute Gasteiger partial charge is 0.260 e. The van der Waals surface area contributed by atoms with E-state index < -0.39 is 11.7 Å². The summed E-state index contributed by atoms with van der Waals surface area (Å²) in [6, 6.07) is 13.1. The van der Waals surface area contributed by atoms with E-state index in [4.69, 9.17) is 0 Å². The number of pyridine rings is 1. The summed E-state index contributed by atoms with van der Waals surface area (Å²) < 4.78 is 12.8. The number of hydrogen-bond acceptors (Lipinski definition) is 3. The van der Waals surface area contributed by atoms with E-state index in [2.05, 4.69) is 10.3 Å². The first-order valence-corrected chi connectivity index (χ1v) is 6.28. The van der Waals surface area contributed by atoms with Crippen molar-refractivity contribution in [3.63, 3.8) is 0 Å². The molecule has 1 heterocycles. The summed E-state index contributed by atoms with van der Waals surface area (Å²) in [5.74, 6) is -0.888. The molecule has 0 radical (unpaired) electrons. The summed E-state index contributed by atoms with van der Waals surface area (Å²) in [4.78, 5) is 15.9. The molecule has 0 bridgehead atoms. The van der Waals surface area contributed by atoms with Crippen LogP contribution in [0.5, 0.6) is 5.75 Å². The van der Waals surface area contributed by atoms with Gasteiger partial charge in [-0.1, -0.05) is 24.3 Å². The molecule has 3 rings (SSSR count). The molecule has 5 heteroatoms. The van der Waals surface area contributed by atoms with Gasteiger partial charge in [0, 0.05) is 0 Å². The molecule has 2 N–H and O–H groups in total. The molecule has 2 aromatic carbocycles. The Morgan fingerprint density at radius 3 is 2.48 bits per heavy atom. The van der Waals surface area contributed by atoms with Crippen LogP contribution in [0.1, 0.15) is 10.4 Å². The maximum absolute atomic E-state index is 12.8. The molecule has 0 spiro atoms. The van der Waals surface area contributed by atoms with Crippen molar-refractivity contribution in [2.24, 2.45) is 0 Å². The number of carbonyl (C=O) groups is 1. The highest BCUT2D eigenvalue weighted by Gasteiger charge is 2.13. The third kappa shape index (κ3) is 2.67. The second-order valence-electron chi connectivity index (χ2n) is 4.53. The number of aromatic nitrogens is 1. The Bertz CT molecular complexity index is 816. The van der Waals surface area contributed by atoms with Crippen molar-refractivity contribution < 1.29 is 14.3 Å². The molecule has 0 aliphatic heterocycles. The van der Waals surface area contributed by atoms with Crippen LogP contribution in [0.2, 0.25) is 0 Å². The van der Waals surface area contributed by atoms with Crippen LogP contribution in [-0.2, 0) is 0 Å². The Balaban J connectivity index is 1.93. The molecular formula is C16H11FN2O2. The number of hydrogen-bond donors (Lipinski definition) is 2. The number of phenolic OH excluding ortho intramolecular Hbond substituents is 1. The summed E-state index contributed by atoms with van der Waals surface area (Å²) in [6.07, 6.45) is 1.01. The van der Waals surface area contributed by atoms with Gasteiger partial charge >= 0.3 is 0 Å². The van der Waals surface area contributed by atoms with Crippen LogP contribution in [0.4, 0.5) is 10.2 Å². The standard InChI is InChI=1S/C16H11FN2O2/c17-12-5-6-15(18-9-12)19-16(21)13-7-10-3-1-2-4-11(10)8-14(13)20/h1-9,20H,(H,18,19,21). The third-order valence-corrected chi connectivity index (χ3v) is 3.08. The van der Waals surface area contributed by atoms with E-state index in [0.29, 0.717) is 0 Å². The van der Waals surface area contributed by atoms with Crippen LogP contribution in [0.25, 0.3) is 10.8 Å². The zero-order valence-electron chi connectivity index (χ0n) is 10.9. The zero-order valence-corrected chi connectivity index (χ0v) is 10.9. The van der Waals surface area contributed by atoms with E-state index in [9.17, 15) is 14.3 Å². The molecular weight excluding hydrogens is 271 g/mol. The highest BCUT2D eigenvalue weighted by Crippen LogP contribution is 2.25. The Labute approximate surface area is 119 Å². The number of nitrogens with one attached hydrogen (secondary N) is 1. The number of benzene rings is 2. The molecule has 0 aliphatic rings. The normalized spacial score (nSPS) is 10.5. The summed E-state index contributed by atoms with van der Waals surface area (Å²) in [5.41, 5.74) is 0.139. The first-order chi connectivity index (χ1) is 10.1. The van der Waals surface area contributed by atoms with E-state index in [1.807, 2.05) is 24.3 Å². The predicted octanol–water partition coefficient (Wildman–Crippen LogP) is 3.33. The fraction of sp³-hybridized carbons (Fsp3) is 0. The molecule has 0 saturated heterocycles. The fourth-order valence-electron chi connectivity index (χ4n) is 2.04. The number of rotatable bonds is 2. The first kappa shape index (κ1) is 13.1. The lowest BCUT2D eigenvalue weighted by atomic mass is 10.1. The van der Waals surface area contributed by atoms with E-state index >= 15 is 0 Å². The monoisotopic (exact) mass is 282 g/mol. The minimum atomic E-state index is -0.502. The average Bonchev–Trinajstić information content (AvgIpc) is 2.49. The van der Waals surface area contributed by atoms with Crippen LogP contribution in [0.3, 0.4) is 0 Å². The van der Waals surface area contributed by atoms with Crippen molar-refractivity contribution in [2.75, 3.05) is 5.32 Å². The van der Waals surface area contributed by atoms with Crippen LogP contribution >= 0.6 is 0 Å². The van der Waals surface area contributed by atoms with Crippen molar-refractivity contribution in [3.05, 3.63) is 66.1 Å². The van der Waals surface area contributed by atoms with Gasteiger partial charge in [-0.05, 0) is 35.0 Å². The fourth-order valence-corrected chi connectivity index (χ4v) is 2.04. The molecule has 4 nitrogen and oxygen atoms in total. The van der Waals surface area contributed by atoms with Gasteiger partial charge in [0.05, 0.1) is 11.8 Å². The number of aromatic hydroxyl groups is 1. The van der Waals surface area contributed by atoms with Gasteiger partial charge in [-0.3, -0.25) is 4.79 Å². The molecule has 0 saturated carbocycles. The highest BCUT2D eigenvalue weighted by molar-refractivity contribution is 6.08. The number of nitrogens with zero attached hydrogens (tertiary/aromatic N) is 1. The summed E-state index contributed by atoms with van der Waals surface area (Å²) in [6.45, 7) is 0. The van der Waals surface area contributed by atoms with Gasteiger partial charge in [0.1, 0.15) is 17.4 Å². The van der Waals surface area contributed by atoms with E-state index in [0.717, 1.165) is 17.0 Å². The van der Waals surface area contributed by atoms with Gasteiger partial charge in [0.15, 0.2) is 0 Å². The minimum absolute atomic E-state index is 0.117. The quantitative estimate of drug-likeness (QED) is 0.757. The van der Waals surface area contributed by atoms with E-state index in [-0.39, 0.29) is 17.1 Å². The second-order valence-corrected chi connectivity index (χ2v) is 4.53. The Morgan fingerprint density at radius 1 is 1.10 bits per heavy atom. The van der Waals surface area contributed by atoms with Crippen molar-refractivity contribution in [1.82, 2.24) is 4.98 Å². The van der Waals surface area contributed by atoms with Crippen LogP contribution in [-0.4, -0.2) is 16.0 Å². The van der Waals surface area contributed by atoms with Gasteiger partial charge in [-0.2, -0.15) is 0 Å². The van der Waals surface area contributed by atoms with Gasteiger partial charge in [-0.15, -0.1) is 0 Å². The Kier molecular flexibility index (Phi) is 3.23. The van der Waals surface area contributed by atoms with Crippen molar-refractivity contribution in [2.45, 2.75) is 0 Å². The van der Waals surface area contributed by atoms with Crippen LogP contribution < -0.4 is 5.32 Å². The first-order valence-electron chi connectivity index (χ1n) is 6.28. The average molecular weight is 282 g/mol. The lowest BCUT2D eigenvalue weighted by Crippen LogP contribution is -2.13. The molecule has 3 aromatic rings. The van der Waals surface area contributed by atoms with E-state index in [1.165, 1.54) is 18.2 Å². The van der Waals surface area contributed by atoms with Gasteiger partial charge in [0.25, 0.3) is 5.91 Å². The number of amides is 1. The van der Waals surface area contributed by atoms with Gasteiger partial charge in [-0.25, -0.2) is 9.37 Å². The van der Waals surface area contributed by atoms with Gasteiger partial charge < -0.3 is 10.4 Å². The lowest BCUT2D eigenvalue weighted by molar-refractivity contribution is 0.102. The molecule has 104 valence electrons. The van der Waals surface area contributed by atoms with Crippen molar-refractivity contribution in [1.29, 1.82) is 0 Å². The maximum Gasteiger partial charge on any atom is 0.260 e. The molecule has 0 aliphatic carbocycles. The number of fused-ring (bicyclic) bond motifs is 1. The molecule has 1 amide bonds. The summed E-state index contributed by atoms with van der Waals surface area (Å²) in [5, 5.41) is 14.2. The lowest BCUT2D eigenvalue weighted by Gasteiger charge is -2.08. The molecule has 0 unspecified atom stereocenters. The SMILES string of the molecule is O=C(Nc1ccc(F)cn1)c1cc2ccccc2cc1O. The maximum atomic E-state index is 12.8. The largest absolute Gasteiger partial charge is 0.507 e. The zero-order chi connectivity index (χ0) is 14.8. The predicted molar refractivity (Wildman–Crippen MR) is 77.8 cm³/mol. The van der Waals surface area contributed by atoms with Crippen LogP contribution in [0, 0.1) is 5.82 Å². The minimum Gasteiger partial charge on any atom is -0.507 e. The van der Waals surface area contributed by atoms with Crippen molar-refractivity contribution in [3.8, 4) is 5.75 Å². The van der Waals surface area contributed by atoms with Gasteiger partial charge in [0.2, 0.25) is 0 Å². The highest BCUT2D eigenvalue weighted by atomic mass is 19.1. The third-order valence-electron chi connectivity index (χ3n) is 3.08. The summed E-state index contributed by atoms with van der Waals surface area (Å²) in [7, 11) is 0. The second kappa shape index (κ2) is 5.20. The Morgan fingerprint density at radius 2 is 1.81 bits per heavy atom.